The van der Waals surface area contributed by atoms with Gasteiger partial charge in [0, 0.05) is 14.1 Å². The third-order valence-electron chi connectivity index (χ3n) is 3.30. The Balaban J connectivity index is 2.61. The molecule has 12 heteroatoms. The Kier molecular flexibility index (Phi) is 5.20. The lowest BCUT2D eigenvalue weighted by atomic mass is 10.2. The average molecular weight is 390 g/mol. The average Bonchev–Trinajstić information content (AvgIpc) is 2.87. The molecular weight excluding hydrogens is 374 g/mol. The van der Waals surface area contributed by atoms with E-state index in [-0.39, 0.29) is 15.7 Å². The van der Waals surface area contributed by atoms with Gasteiger partial charge in [-0.05, 0) is 23.7 Å². The predicted molar refractivity (Wildman–Crippen MR) is 89.8 cm³/mol. The van der Waals surface area contributed by atoms with Gasteiger partial charge >= 0.3 is 11.7 Å². The number of nitrogens with zero attached hydrogens (tertiary/aromatic N) is 4. The molecule has 136 valence electrons. The molecule has 0 aliphatic carbocycles. The van der Waals surface area contributed by atoms with E-state index in [2.05, 4.69) is 9.84 Å². The zero-order chi connectivity index (χ0) is 18.9. The van der Waals surface area contributed by atoms with Crippen molar-refractivity contribution in [3.63, 3.8) is 0 Å². The topological polar surface area (TPSA) is 130 Å². The molecule has 1 aromatic carbocycles. The lowest BCUT2D eigenvalue weighted by Crippen LogP contribution is -2.41. The van der Waals surface area contributed by atoms with Crippen molar-refractivity contribution in [1.29, 1.82) is 0 Å². The van der Waals surface area contributed by atoms with E-state index in [1.807, 2.05) is 0 Å². The van der Waals surface area contributed by atoms with Crippen molar-refractivity contribution >= 4 is 27.4 Å². The number of nitrogens with two attached hydrogens (primary N) is 1. The van der Waals surface area contributed by atoms with Crippen molar-refractivity contribution in [2.45, 2.75) is 10.4 Å². The van der Waals surface area contributed by atoms with Crippen LogP contribution in [0.4, 0.5) is 0 Å². The van der Waals surface area contributed by atoms with Crippen LogP contribution in [0.2, 0.25) is 5.28 Å². The molecule has 0 aliphatic rings. The van der Waals surface area contributed by atoms with Gasteiger partial charge in [0.05, 0.1) is 17.6 Å². The molecule has 2 N–H and O–H groups in total. The fraction of sp³-hybridized carbons (Fsp3) is 0.308. The second-order valence-electron chi connectivity index (χ2n) is 5.08. The van der Waals surface area contributed by atoms with Crippen LogP contribution in [0.5, 0.6) is 0 Å². The number of halogens is 1. The number of rotatable bonds is 5. The number of esters is 1. The highest BCUT2D eigenvalue weighted by atomic mass is 35.5. The molecule has 2 aromatic rings. The second-order valence-corrected chi connectivity index (χ2v) is 7.43. The van der Waals surface area contributed by atoms with Crippen LogP contribution in [-0.2, 0) is 14.6 Å². The minimum absolute atomic E-state index is 0.202. The highest BCUT2D eigenvalue weighted by molar-refractivity contribution is 7.91. The van der Waals surface area contributed by atoms with Crippen LogP contribution < -0.4 is 16.4 Å². The van der Waals surface area contributed by atoms with E-state index < -0.39 is 27.0 Å². The summed E-state index contributed by atoms with van der Waals surface area (Å²) >= 11 is 5.85. The van der Waals surface area contributed by atoms with E-state index in [4.69, 9.17) is 17.3 Å². The number of hydrogen-bond acceptors (Lipinski definition) is 8. The summed E-state index contributed by atoms with van der Waals surface area (Å²) in [5.41, 5.74) is 2.84. The van der Waals surface area contributed by atoms with Crippen molar-refractivity contribution in [2.75, 3.05) is 26.2 Å². The van der Waals surface area contributed by atoms with Crippen molar-refractivity contribution in [2.24, 2.45) is 5.73 Å². The van der Waals surface area contributed by atoms with Crippen LogP contribution in [0.15, 0.2) is 34.0 Å². The molecule has 0 aliphatic heterocycles. The van der Waals surface area contributed by atoms with Crippen LogP contribution in [0, 0.1) is 0 Å². The van der Waals surface area contributed by atoms with Crippen molar-refractivity contribution in [3.8, 4) is 0 Å². The Hall–Kier alpha value is -2.37. The Morgan fingerprint density at radius 1 is 1.36 bits per heavy atom. The highest BCUT2D eigenvalue weighted by Gasteiger charge is 2.33. The standard InChI is InChI=1S/C13H16ClN5O5S/c1-17(2)19-11(14)16-18(13(19)21)12(15)25(22,23)9-7-5-4-6-8(9)10(20)24-3/h4-7,12H,15H2,1-3H3. The zero-order valence-electron chi connectivity index (χ0n) is 13.6. The molecule has 0 bridgehead atoms. The van der Waals surface area contributed by atoms with E-state index in [0.29, 0.717) is 4.68 Å². The fourth-order valence-corrected chi connectivity index (χ4v) is 3.80. The summed E-state index contributed by atoms with van der Waals surface area (Å²) in [4.78, 5) is 23.8. The van der Waals surface area contributed by atoms with Gasteiger partial charge in [-0.1, -0.05) is 12.1 Å². The molecule has 0 fully saturated rings. The molecule has 1 aromatic heterocycles. The summed E-state index contributed by atoms with van der Waals surface area (Å²) in [5, 5.41) is 4.74. The molecule has 1 unspecified atom stereocenters. The number of carbonyl (C=O) groups excluding carboxylic acids is 1. The molecule has 0 saturated heterocycles. The molecular formula is C13H16ClN5O5S. The Labute approximate surface area is 148 Å². The lowest BCUT2D eigenvalue weighted by molar-refractivity contribution is 0.0596. The van der Waals surface area contributed by atoms with Gasteiger partial charge in [0.15, 0.2) is 0 Å². The summed E-state index contributed by atoms with van der Waals surface area (Å²) < 4.78 is 31.7. The highest BCUT2D eigenvalue weighted by Crippen LogP contribution is 2.23. The molecule has 0 spiro atoms. The lowest BCUT2D eigenvalue weighted by Gasteiger charge is -2.15. The van der Waals surface area contributed by atoms with E-state index in [9.17, 15) is 18.0 Å². The van der Waals surface area contributed by atoms with Crippen LogP contribution in [0.25, 0.3) is 0 Å². The maximum Gasteiger partial charge on any atom is 0.368 e. The van der Waals surface area contributed by atoms with E-state index in [1.165, 1.54) is 43.4 Å². The first-order valence-corrected chi connectivity index (χ1v) is 8.76. The molecule has 10 nitrogen and oxygen atoms in total. The zero-order valence-corrected chi connectivity index (χ0v) is 15.2. The van der Waals surface area contributed by atoms with Crippen LogP contribution in [0.1, 0.15) is 15.9 Å². The van der Waals surface area contributed by atoms with E-state index in [0.717, 1.165) is 11.8 Å². The van der Waals surface area contributed by atoms with Gasteiger partial charge in [-0.2, -0.15) is 9.36 Å². The van der Waals surface area contributed by atoms with Gasteiger partial charge in [0.1, 0.15) is 0 Å². The smallest absolute Gasteiger partial charge is 0.368 e. The molecule has 1 heterocycles. The maximum absolute atomic E-state index is 12.8. The third kappa shape index (κ3) is 3.25. The largest absolute Gasteiger partial charge is 0.465 e. The SMILES string of the molecule is COC(=O)c1ccccc1S(=O)(=O)C(N)n1nc(Cl)n(N(C)C)c1=O. The van der Waals surface area contributed by atoms with Gasteiger partial charge in [-0.25, -0.2) is 18.0 Å². The summed E-state index contributed by atoms with van der Waals surface area (Å²) in [6, 6.07) is 5.36. The maximum atomic E-state index is 12.8. The Bertz CT molecular complexity index is 965. The first kappa shape index (κ1) is 19.0. The number of sulfone groups is 1. The number of carbonyl (C=O) groups is 1. The normalized spacial score (nSPS) is 12.7. The van der Waals surface area contributed by atoms with Gasteiger partial charge in [-0.3, -0.25) is 5.73 Å². The fourth-order valence-electron chi connectivity index (χ4n) is 2.11. The summed E-state index contributed by atoms with van der Waals surface area (Å²) in [7, 11) is -0.183. The molecule has 25 heavy (non-hydrogen) atoms. The van der Waals surface area contributed by atoms with Crippen LogP contribution in [-0.4, -0.2) is 50.0 Å². The van der Waals surface area contributed by atoms with E-state index in [1.54, 1.807) is 0 Å². The number of methoxy groups -OCH3 is 1. The van der Waals surface area contributed by atoms with Crippen LogP contribution >= 0.6 is 11.6 Å². The molecule has 1 atom stereocenters. The molecule has 0 saturated carbocycles. The molecule has 0 radical (unpaired) electrons. The van der Waals surface area contributed by atoms with E-state index >= 15 is 0 Å². The van der Waals surface area contributed by atoms with Gasteiger partial charge < -0.3 is 9.75 Å². The summed E-state index contributed by atoms with van der Waals surface area (Å²) in [6.07, 6.45) is 0. The number of ether oxygens (including phenoxy) is 1. The minimum Gasteiger partial charge on any atom is -0.465 e. The predicted octanol–water partition coefficient (Wildman–Crippen LogP) is -0.429. The molecule has 2 rings (SSSR count). The first-order valence-electron chi connectivity index (χ1n) is 6.84. The van der Waals surface area contributed by atoms with Gasteiger partial charge in [0.2, 0.25) is 20.6 Å². The second kappa shape index (κ2) is 6.86. The number of aromatic nitrogens is 3. The summed E-state index contributed by atoms with van der Waals surface area (Å²) in [5.74, 6) is -0.851. The number of benzene rings is 1. The van der Waals surface area contributed by atoms with Crippen molar-refractivity contribution in [3.05, 3.63) is 45.6 Å². The number of hydrogen-bond donors (Lipinski definition) is 1. The van der Waals surface area contributed by atoms with Gasteiger partial charge in [0.25, 0.3) is 0 Å². The Morgan fingerprint density at radius 2 is 1.96 bits per heavy atom. The third-order valence-corrected chi connectivity index (χ3v) is 5.34. The summed E-state index contributed by atoms with van der Waals surface area (Å²) in [6.45, 7) is 0. The van der Waals surface area contributed by atoms with Crippen molar-refractivity contribution < 1.29 is 17.9 Å². The minimum atomic E-state index is -4.34. The van der Waals surface area contributed by atoms with Gasteiger partial charge in [-0.15, -0.1) is 5.10 Å². The quantitative estimate of drug-likeness (QED) is 0.682. The monoisotopic (exact) mass is 389 g/mol. The first-order chi connectivity index (χ1) is 11.6. The van der Waals surface area contributed by atoms with Crippen LogP contribution in [0.3, 0.4) is 0 Å². The van der Waals surface area contributed by atoms with Crippen molar-refractivity contribution in [1.82, 2.24) is 14.5 Å². The molecule has 0 amide bonds. The Morgan fingerprint density at radius 3 is 2.48 bits per heavy atom.